The van der Waals surface area contributed by atoms with Gasteiger partial charge in [-0.05, 0) is 61.4 Å². The van der Waals surface area contributed by atoms with Crippen molar-refractivity contribution in [1.82, 2.24) is 20.2 Å². The highest BCUT2D eigenvalue weighted by atomic mass is 32.2. The van der Waals surface area contributed by atoms with E-state index in [1.54, 1.807) is 25.3 Å². The maximum Gasteiger partial charge on any atom is 0.269 e. The highest BCUT2D eigenvalue weighted by Gasteiger charge is 2.40. The Morgan fingerprint density at radius 3 is 2.53 bits per heavy atom. The van der Waals surface area contributed by atoms with Gasteiger partial charge in [0.25, 0.3) is 5.69 Å². The number of benzene rings is 2. The van der Waals surface area contributed by atoms with Crippen LogP contribution in [-0.4, -0.2) is 65.9 Å². The molecule has 2 saturated heterocycles. The zero-order valence-corrected chi connectivity index (χ0v) is 25.0. The molecule has 2 fully saturated rings. The number of fused-ring (bicyclic) bond motifs is 2. The standard InChI is InChI=1S/C28H29N7O6S2/c1-17-12-24(33-32-17)29-26-25(40-2)27(34-20-6-7-21(34)15-41-14-20)31-28(30-26)42-22-8-10-23(11-9-22)43(38,39)16-18-4-3-5-19(13-18)35(36)37/h3-5,8-13,20-21H,6-7,14-16H2,1-2H3,(H2,29,30,31,32,33). The third-order valence-electron chi connectivity index (χ3n) is 7.34. The minimum absolute atomic E-state index is 0.112. The number of nitrogens with one attached hydrogen (secondary N) is 2. The van der Waals surface area contributed by atoms with Crippen molar-refractivity contribution < 1.29 is 22.8 Å². The lowest BCUT2D eigenvalue weighted by Crippen LogP contribution is -2.46. The molecular formula is C28H29N7O6S2. The first-order valence-corrected chi connectivity index (χ1v) is 16.0. The van der Waals surface area contributed by atoms with Crippen LogP contribution in [0.5, 0.6) is 5.75 Å². The Hall–Kier alpha value is -4.21. The molecule has 2 aliphatic heterocycles. The highest BCUT2D eigenvalue weighted by Crippen LogP contribution is 2.43. The molecule has 0 aliphatic carbocycles. The SMILES string of the molecule is COc1c(Nc2cc(C)[nH]n2)nc(Sc2ccc(S(=O)(=O)Cc3cccc([N+](=O)[O-])c3)cc2)nc1N1C2CCC1COC2. The molecule has 13 nitrogen and oxygen atoms in total. The number of aromatic amines is 1. The molecule has 0 spiro atoms. The predicted molar refractivity (Wildman–Crippen MR) is 160 cm³/mol. The fourth-order valence-corrected chi connectivity index (χ4v) is 7.46. The largest absolute Gasteiger partial charge is 0.490 e. The molecule has 2 atom stereocenters. The fraction of sp³-hybridized carbons (Fsp3) is 0.321. The van der Waals surface area contributed by atoms with Gasteiger partial charge in [0.15, 0.2) is 32.4 Å². The number of anilines is 3. The number of rotatable bonds is 10. The Balaban J connectivity index is 1.29. The molecule has 0 radical (unpaired) electrons. The number of nitrogens with zero attached hydrogens (tertiary/aromatic N) is 5. The van der Waals surface area contributed by atoms with E-state index < -0.39 is 14.8 Å². The zero-order valence-electron chi connectivity index (χ0n) is 23.4. The fourth-order valence-electron chi connectivity index (χ4n) is 5.37. The molecular weight excluding hydrogens is 594 g/mol. The number of methoxy groups -OCH3 is 1. The van der Waals surface area contributed by atoms with Gasteiger partial charge < -0.3 is 19.7 Å². The van der Waals surface area contributed by atoms with Crippen LogP contribution in [-0.2, 0) is 20.3 Å². The molecule has 2 aliphatic rings. The van der Waals surface area contributed by atoms with Crippen molar-refractivity contribution in [3.63, 3.8) is 0 Å². The van der Waals surface area contributed by atoms with Gasteiger partial charge in [-0.3, -0.25) is 15.2 Å². The van der Waals surface area contributed by atoms with Gasteiger partial charge in [-0.15, -0.1) is 0 Å². The molecule has 2 unspecified atom stereocenters. The van der Waals surface area contributed by atoms with Gasteiger partial charge in [0.1, 0.15) is 0 Å². The third kappa shape index (κ3) is 6.14. The van der Waals surface area contributed by atoms with Crippen LogP contribution in [0.15, 0.2) is 69.5 Å². The molecule has 0 saturated carbocycles. The van der Waals surface area contributed by atoms with Gasteiger partial charge in [-0.2, -0.15) is 5.10 Å². The molecule has 43 heavy (non-hydrogen) atoms. The lowest BCUT2D eigenvalue weighted by atomic mass is 10.2. The van der Waals surface area contributed by atoms with Crippen LogP contribution in [0, 0.1) is 17.0 Å². The molecule has 15 heteroatoms. The Labute approximate surface area is 252 Å². The van der Waals surface area contributed by atoms with E-state index in [-0.39, 0.29) is 28.4 Å². The van der Waals surface area contributed by atoms with Crippen molar-refractivity contribution >= 4 is 44.7 Å². The average Bonchev–Trinajstić information content (AvgIpc) is 3.50. The molecule has 2 bridgehead atoms. The summed E-state index contributed by atoms with van der Waals surface area (Å²) in [6, 6.07) is 14.3. The number of hydrogen-bond donors (Lipinski definition) is 2. The molecule has 6 rings (SSSR count). The summed E-state index contributed by atoms with van der Waals surface area (Å²) in [4.78, 5) is 23.3. The predicted octanol–water partition coefficient (Wildman–Crippen LogP) is 4.66. The Morgan fingerprint density at radius 2 is 1.88 bits per heavy atom. The molecule has 224 valence electrons. The van der Waals surface area contributed by atoms with Crippen LogP contribution < -0.4 is 15.0 Å². The van der Waals surface area contributed by atoms with Crippen molar-refractivity contribution in [2.75, 3.05) is 30.5 Å². The van der Waals surface area contributed by atoms with E-state index in [2.05, 4.69) is 20.4 Å². The topological polar surface area (TPSA) is 165 Å². The summed E-state index contributed by atoms with van der Waals surface area (Å²) in [6.45, 7) is 3.13. The summed E-state index contributed by atoms with van der Waals surface area (Å²) in [5, 5.41) is 22.0. The van der Waals surface area contributed by atoms with E-state index in [1.807, 2.05) is 13.0 Å². The maximum atomic E-state index is 13.1. The van der Waals surface area contributed by atoms with Crippen LogP contribution in [0.3, 0.4) is 0 Å². The van der Waals surface area contributed by atoms with E-state index >= 15 is 0 Å². The molecule has 4 heterocycles. The normalized spacial score (nSPS) is 18.0. The summed E-state index contributed by atoms with van der Waals surface area (Å²) in [5.74, 6) is 1.87. The lowest BCUT2D eigenvalue weighted by molar-refractivity contribution is -0.384. The number of nitro groups is 1. The van der Waals surface area contributed by atoms with Crippen LogP contribution >= 0.6 is 11.8 Å². The summed E-state index contributed by atoms with van der Waals surface area (Å²) in [7, 11) is -2.15. The lowest BCUT2D eigenvalue weighted by Gasteiger charge is -2.36. The second-order valence-electron chi connectivity index (χ2n) is 10.4. The first-order chi connectivity index (χ1) is 20.7. The summed E-state index contributed by atoms with van der Waals surface area (Å²) >= 11 is 1.29. The van der Waals surface area contributed by atoms with Crippen molar-refractivity contribution in [2.45, 2.75) is 52.5 Å². The quantitative estimate of drug-likeness (QED) is 0.143. The van der Waals surface area contributed by atoms with E-state index in [9.17, 15) is 18.5 Å². The third-order valence-corrected chi connectivity index (χ3v) is 9.92. The summed E-state index contributed by atoms with van der Waals surface area (Å²) in [6.07, 6.45) is 1.99. The van der Waals surface area contributed by atoms with E-state index in [0.717, 1.165) is 23.4 Å². The van der Waals surface area contributed by atoms with Crippen LogP contribution in [0.25, 0.3) is 0 Å². The van der Waals surface area contributed by atoms with Crippen molar-refractivity contribution in [3.05, 3.63) is 76.0 Å². The van der Waals surface area contributed by atoms with Gasteiger partial charge in [-0.25, -0.2) is 18.4 Å². The second kappa shape index (κ2) is 11.8. The highest BCUT2D eigenvalue weighted by molar-refractivity contribution is 7.99. The van der Waals surface area contributed by atoms with Crippen molar-refractivity contribution in [1.29, 1.82) is 0 Å². The van der Waals surface area contributed by atoms with E-state index in [1.165, 1.54) is 42.1 Å². The smallest absolute Gasteiger partial charge is 0.269 e. The van der Waals surface area contributed by atoms with E-state index in [0.29, 0.717) is 47.1 Å². The Bertz CT molecular complexity index is 1750. The first kappa shape index (κ1) is 28.9. The monoisotopic (exact) mass is 623 g/mol. The number of aromatic nitrogens is 4. The number of hydrogen-bond acceptors (Lipinski definition) is 12. The number of H-pyrrole nitrogens is 1. The average molecular weight is 624 g/mol. The number of non-ortho nitro benzene ring substituents is 1. The first-order valence-electron chi connectivity index (χ1n) is 13.6. The van der Waals surface area contributed by atoms with Crippen LogP contribution in [0.4, 0.5) is 23.1 Å². The van der Waals surface area contributed by atoms with E-state index in [4.69, 9.17) is 19.4 Å². The van der Waals surface area contributed by atoms with Crippen LogP contribution in [0.1, 0.15) is 24.1 Å². The van der Waals surface area contributed by atoms with Gasteiger partial charge in [0.2, 0.25) is 5.75 Å². The molecule has 0 amide bonds. The Morgan fingerprint density at radius 1 is 1.14 bits per heavy atom. The number of ether oxygens (including phenoxy) is 2. The van der Waals surface area contributed by atoms with Crippen molar-refractivity contribution in [3.8, 4) is 5.75 Å². The minimum Gasteiger partial charge on any atom is -0.490 e. The number of morpholine rings is 1. The number of nitro benzene ring substituents is 1. The minimum atomic E-state index is -3.74. The Kier molecular flexibility index (Phi) is 7.94. The number of aryl methyl sites for hydroxylation is 1. The zero-order chi connectivity index (χ0) is 30.1. The van der Waals surface area contributed by atoms with Gasteiger partial charge >= 0.3 is 0 Å². The molecule has 2 aromatic carbocycles. The van der Waals surface area contributed by atoms with Crippen molar-refractivity contribution in [2.24, 2.45) is 0 Å². The maximum absolute atomic E-state index is 13.1. The summed E-state index contributed by atoms with van der Waals surface area (Å²) in [5.41, 5.74) is 1.08. The van der Waals surface area contributed by atoms with Gasteiger partial charge in [0, 0.05) is 28.8 Å². The van der Waals surface area contributed by atoms with Crippen LogP contribution in [0.2, 0.25) is 0 Å². The molecule has 4 aromatic rings. The summed E-state index contributed by atoms with van der Waals surface area (Å²) < 4.78 is 37.8. The molecule has 2 N–H and O–H groups in total. The second-order valence-corrected chi connectivity index (χ2v) is 13.4. The van der Waals surface area contributed by atoms with Gasteiger partial charge in [-0.1, -0.05) is 12.1 Å². The van der Waals surface area contributed by atoms with Gasteiger partial charge in [0.05, 0.1) is 48.0 Å². The number of sulfone groups is 1. The molecule has 2 aromatic heterocycles.